The van der Waals surface area contributed by atoms with Gasteiger partial charge in [0.05, 0.1) is 4.90 Å². The van der Waals surface area contributed by atoms with Crippen LogP contribution >= 0.6 is 0 Å². The van der Waals surface area contributed by atoms with Crippen molar-refractivity contribution in [3.8, 4) is 0 Å². The summed E-state index contributed by atoms with van der Waals surface area (Å²) in [7, 11) is -3.79. The van der Waals surface area contributed by atoms with Gasteiger partial charge in [-0.3, -0.25) is 9.52 Å². The lowest BCUT2D eigenvalue weighted by Crippen LogP contribution is -2.37. The molecule has 0 bridgehead atoms. The molecule has 0 aliphatic heterocycles. The molecule has 0 aromatic heterocycles. The number of amides is 1. The number of nitrogens with two attached hydrogens (primary N) is 1. The number of hydrogen-bond acceptors (Lipinski definition) is 4. The van der Waals surface area contributed by atoms with Crippen LogP contribution in [0.25, 0.3) is 0 Å². The second-order valence-corrected chi connectivity index (χ2v) is 8.23. The van der Waals surface area contributed by atoms with Crippen molar-refractivity contribution in [1.82, 2.24) is 5.32 Å². The molecule has 7 heteroatoms. The van der Waals surface area contributed by atoms with E-state index >= 15 is 0 Å². The maximum absolute atomic E-state index is 12.6. The molecule has 0 aliphatic carbocycles. The van der Waals surface area contributed by atoms with Gasteiger partial charge in [0.1, 0.15) is 0 Å². The van der Waals surface area contributed by atoms with Crippen LogP contribution in [-0.4, -0.2) is 26.9 Å². The van der Waals surface area contributed by atoms with Gasteiger partial charge in [-0.1, -0.05) is 31.5 Å². The average molecular weight is 390 g/mol. The number of sulfonamides is 1. The van der Waals surface area contributed by atoms with Crippen molar-refractivity contribution in [2.45, 2.75) is 44.0 Å². The Bertz CT molecular complexity index is 864. The summed E-state index contributed by atoms with van der Waals surface area (Å²) < 4.78 is 27.9. The molecule has 146 valence electrons. The fraction of sp³-hybridized carbons (Fsp3) is 0.350. The average Bonchev–Trinajstić information content (AvgIpc) is 2.67. The number of rotatable bonds is 9. The Morgan fingerprint density at radius 1 is 1.15 bits per heavy atom. The van der Waals surface area contributed by atoms with Gasteiger partial charge in [0.15, 0.2) is 0 Å². The minimum absolute atomic E-state index is 0.0330. The molecule has 27 heavy (non-hydrogen) atoms. The Balaban J connectivity index is 2.14. The molecule has 1 amide bonds. The van der Waals surface area contributed by atoms with Crippen molar-refractivity contribution in [2.75, 3.05) is 11.3 Å². The molecule has 0 aliphatic rings. The summed E-state index contributed by atoms with van der Waals surface area (Å²) >= 11 is 0. The first-order valence-corrected chi connectivity index (χ1v) is 10.6. The van der Waals surface area contributed by atoms with Crippen LogP contribution in [0.15, 0.2) is 53.4 Å². The van der Waals surface area contributed by atoms with E-state index in [1.54, 1.807) is 31.2 Å². The Labute approximate surface area is 161 Å². The maximum atomic E-state index is 12.6. The minimum atomic E-state index is -3.79. The van der Waals surface area contributed by atoms with Crippen molar-refractivity contribution in [2.24, 2.45) is 5.73 Å². The Hall–Kier alpha value is -2.38. The van der Waals surface area contributed by atoms with Crippen LogP contribution in [0.4, 0.5) is 5.69 Å². The van der Waals surface area contributed by atoms with Crippen LogP contribution in [0.3, 0.4) is 0 Å². The Kier molecular flexibility index (Phi) is 7.38. The molecule has 0 unspecified atom stereocenters. The van der Waals surface area contributed by atoms with Gasteiger partial charge >= 0.3 is 0 Å². The van der Waals surface area contributed by atoms with Gasteiger partial charge in [-0.05, 0) is 55.7 Å². The van der Waals surface area contributed by atoms with Crippen molar-refractivity contribution in [3.63, 3.8) is 0 Å². The summed E-state index contributed by atoms with van der Waals surface area (Å²) in [6, 6.07) is 13.1. The van der Waals surface area contributed by atoms with Gasteiger partial charge in [-0.15, -0.1) is 0 Å². The summed E-state index contributed by atoms with van der Waals surface area (Å²) in [4.78, 5) is 12.2. The van der Waals surface area contributed by atoms with Crippen molar-refractivity contribution in [1.29, 1.82) is 0 Å². The summed E-state index contributed by atoms with van der Waals surface area (Å²) in [6.45, 7) is 4.22. The fourth-order valence-electron chi connectivity index (χ4n) is 2.50. The number of carbonyl (C=O) groups is 1. The summed E-state index contributed by atoms with van der Waals surface area (Å²) in [5.74, 6) is -0.356. The number of hydrogen-bond donors (Lipinski definition) is 3. The van der Waals surface area contributed by atoms with E-state index in [0.717, 1.165) is 19.3 Å². The molecular formula is C20H27N3O3S. The SMILES string of the molecule is CCCCc1ccc(NS(=O)(=O)c2cccc(C(=O)N[C@@H](C)CN)c2)cc1. The number of nitrogens with one attached hydrogen (secondary N) is 2. The van der Waals surface area contributed by atoms with Crippen LogP contribution in [0.1, 0.15) is 42.6 Å². The monoisotopic (exact) mass is 389 g/mol. The zero-order valence-corrected chi connectivity index (χ0v) is 16.6. The molecule has 0 radical (unpaired) electrons. The first-order chi connectivity index (χ1) is 12.9. The van der Waals surface area contributed by atoms with Gasteiger partial charge < -0.3 is 11.1 Å². The van der Waals surface area contributed by atoms with Crippen LogP contribution in [0, 0.1) is 0 Å². The zero-order chi connectivity index (χ0) is 19.9. The molecule has 0 saturated heterocycles. The van der Waals surface area contributed by atoms with Crippen molar-refractivity contribution >= 4 is 21.6 Å². The summed E-state index contributed by atoms with van der Waals surface area (Å²) in [5, 5.41) is 2.72. The molecule has 0 heterocycles. The smallest absolute Gasteiger partial charge is 0.261 e. The van der Waals surface area contributed by atoms with Crippen LogP contribution in [-0.2, 0) is 16.4 Å². The first kappa shape index (κ1) is 20.9. The van der Waals surface area contributed by atoms with Gasteiger partial charge in [-0.2, -0.15) is 0 Å². The quantitative estimate of drug-likeness (QED) is 0.614. The number of unbranched alkanes of at least 4 members (excludes halogenated alkanes) is 1. The number of benzene rings is 2. The van der Waals surface area contributed by atoms with E-state index in [4.69, 9.17) is 5.73 Å². The van der Waals surface area contributed by atoms with Gasteiger partial charge in [0.2, 0.25) is 0 Å². The lowest BCUT2D eigenvalue weighted by molar-refractivity contribution is 0.0941. The normalized spacial score (nSPS) is 12.4. The molecular weight excluding hydrogens is 362 g/mol. The van der Waals surface area contributed by atoms with E-state index in [1.165, 1.54) is 17.7 Å². The predicted octanol–water partition coefficient (Wildman–Crippen LogP) is 2.91. The highest BCUT2D eigenvalue weighted by Gasteiger charge is 2.17. The summed E-state index contributed by atoms with van der Waals surface area (Å²) in [6.07, 6.45) is 3.19. The van der Waals surface area contributed by atoms with E-state index in [9.17, 15) is 13.2 Å². The molecule has 6 nitrogen and oxygen atoms in total. The molecule has 1 atom stereocenters. The van der Waals surface area contributed by atoms with Crippen LogP contribution in [0.2, 0.25) is 0 Å². The number of anilines is 1. The van der Waals surface area contributed by atoms with E-state index in [2.05, 4.69) is 17.0 Å². The van der Waals surface area contributed by atoms with E-state index in [0.29, 0.717) is 12.2 Å². The molecule has 4 N–H and O–H groups in total. The highest BCUT2D eigenvalue weighted by Crippen LogP contribution is 2.18. The van der Waals surface area contributed by atoms with Crippen molar-refractivity contribution in [3.05, 3.63) is 59.7 Å². The minimum Gasteiger partial charge on any atom is -0.348 e. The molecule has 2 rings (SSSR count). The third-order valence-electron chi connectivity index (χ3n) is 4.16. The second-order valence-electron chi connectivity index (χ2n) is 6.54. The van der Waals surface area contributed by atoms with E-state index in [-0.39, 0.29) is 22.4 Å². The molecule has 2 aromatic carbocycles. The van der Waals surface area contributed by atoms with Gasteiger partial charge in [0, 0.05) is 23.8 Å². The zero-order valence-electron chi connectivity index (χ0n) is 15.7. The second kappa shape index (κ2) is 9.53. The topological polar surface area (TPSA) is 101 Å². The van der Waals surface area contributed by atoms with Crippen LogP contribution < -0.4 is 15.8 Å². The van der Waals surface area contributed by atoms with Gasteiger partial charge in [-0.25, -0.2) is 8.42 Å². The fourth-order valence-corrected chi connectivity index (χ4v) is 3.61. The highest BCUT2D eigenvalue weighted by atomic mass is 32.2. The predicted molar refractivity (Wildman–Crippen MR) is 108 cm³/mol. The Morgan fingerprint density at radius 2 is 1.85 bits per heavy atom. The largest absolute Gasteiger partial charge is 0.348 e. The number of aryl methyl sites for hydroxylation is 1. The first-order valence-electron chi connectivity index (χ1n) is 9.08. The van der Waals surface area contributed by atoms with E-state index < -0.39 is 10.0 Å². The van der Waals surface area contributed by atoms with E-state index in [1.807, 2.05) is 12.1 Å². The van der Waals surface area contributed by atoms with Crippen molar-refractivity contribution < 1.29 is 13.2 Å². The van der Waals surface area contributed by atoms with Crippen LogP contribution in [0.5, 0.6) is 0 Å². The summed E-state index contributed by atoms with van der Waals surface area (Å²) in [5.41, 5.74) is 7.43. The standard InChI is InChI=1S/C20H27N3O3S/c1-3-4-6-16-9-11-18(12-10-16)23-27(25,26)19-8-5-7-17(13-19)20(24)22-15(2)14-21/h5,7-13,15,23H,3-4,6,14,21H2,1-2H3,(H,22,24)/t15-/m0/s1. The molecule has 0 saturated carbocycles. The lowest BCUT2D eigenvalue weighted by Gasteiger charge is -2.13. The number of carbonyl (C=O) groups excluding carboxylic acids is 1. The maximum Gasteiger partial charge on any atom is 0.261 e. The Morgan fingerprint density at radius 3 is 2.48 bits per heavy atom. The third kappa shape index (κ3) is 6.08. The van der Waals surface area contributed by atoms with Gasteiger partial charge in [0.25, 0.3) is 15.9 Å². The molecule has 0 fully saturated rings. The molecule has 0 spiro atoms. The molecule has 2 aromatic rings. The third-order valence-corrected chi connectivity index (χ3v) is 5.54. The highest BCUT2D eigenvalue weighted by molar-refractivity contribution is 7.92. The lowest BCUT2D eigenvalue weighted by atomic mass is 10.1.